The second-order valence-corrected chi connectivity index (χ2v) is 5.11. The molecule has 0 fully saturated rings. The van der Waals surface area contributed by atoms with E-state index in [4.69, 9.17) is 0 Å². The number of anilines is 1. The second kappa shape index (κ2) is 6.03. The maximum Gasteiger partial charge on any atom is 0.162 e. The van der Waals surface area contributed by atoms with Gasteiger partial charge in [-0.2, -0.15) is 5.10 Å². The molecule has 0 aromatic carbocycles. The zero-order chi connectivity index (χ0) is 14.7. The summed E-state index contributed by atoms with van der Waals surface area (Å²) in [6, 6.07) is 2.16. The first-order valence-electron chi connectivity index (χ1n) is 7.23. The Hall–Kier alpha value is -1.91. The van der Waals surface area contributed by atoms with Crippen molar-refractivity contribution in [3.8, 4) is 5.82 Å². The summed E-state index contributed by atoms with van der Waals surface area (Å²) in [5.74, 6) is 2.09. The molecule has 5 nitrogen and oxygen atoms in total. The molecule has 0 aliphatic heterocycles. The van der Waals surface area contributed by atoms with E-state index in [0.29, 0.717) is 5.92 Å². The molecule has 0 aliphatic rings. The number of aromatic nitrogens is 4. The van der Waals surface area contributed by atoms with Crippen LogP contribution in [0, 0.1) is 0 Å². The summed E-state index contributed by atoms with van der Waals surface area (Å²) < 4.78 is 1.97. The first kappa shape index (κ1) is 14.5. The minimum absolute atomic E-state index is 0.327. The molecule has 0 atom stereocenters. The number of aryl methyl sites for hydroxylation is 2. The maximum absolute atomic E-state index is 4.69. The van der Waals surface area contributed by atoms with E-state index in [9.17, 15) is 0 Å². The van der Waals surface area contributed by atoms with Gasteiger partial charge in [0.05, 0.1) is 5.69 Å². The lowest BCUT2D eigenvalue weighted by molar-refractivity contribution is 0.735. The van der Waals surface area contributed by atoms with Gasteiger partial charge in [-0.1, -0.05) is 27.7 Å². The summed E-state index contributed by atoms with van der Waals surface area (Å²) in [4.78, 5) is 8.81. The molecule has 0 spiro atoms. The van der Waals surface area contributed by atoms with E-state index in [2.05, 4.69) is 54.1 Å². The van der Waals surface area contributed by atoms with Crippen LogP contribution >= 0.6 is 0 Å². The van der Waals surface area contributed by atoms with Gasteiger partial charge in [0.2, 0.25) is 0 Å². The van der Waals surface area contributed by atoms with Crippen molar-refractivity contribution in [2.24, 2.45) is 0 Å². The van der Waals surface area contributed by atoms with Gasteiger partial charge in [0, 0.05) is 18.3 Å². The molecule has 0 bridgehead atoms. The van der Waals surface area contributed by atoms with Gasteiger partial charge >= 0.3 is 0 Å². The fourth-order valence-electron chi connectivity index (χ4n) is 2.37. The van der Waals surface area contributed by atoms with Gasteiger partial charge < -0.3 is 5.32 Å². The van der Waals surface area contributed by atoms with Crippen LogP contribution in [0.15, 0.2) is 12.4 Å². The summed E-state index contributed by atoms with van der Waals surface area (Å²) in [7, 11) is 1.89. The minimum Gasteiger partial charge on any atom is -0.373 e. The van der Waals surface area contributed by atoms with Crippen molar-refractivity contribution in [1.82, 2.24) is 19.7 Å². The van der Waals surface area contributed by atoms with E-state index < -0.39 is 0 Å². The van der Waals surface area contributed by atoms with Crippen LogP contribution in [0.25, 0.3) is 5.82 Å². The van der Waals surface area contributed by atoms with Gasteiger partial charge in [0.15, 0.2) is 5.82 Å². The molecule has 0 radical (unpaired) electrons. The van der Waals surface area contributed by atoms with E-state index in [1.807, 2.05) is 11.7 Å². The van der Waals surface area contributed by atoms with E-state index in [-0.39, 0.29) is 0 Å². The number of rotatable bonds is 5. The van der Waals surface area contributed by atoms with Crippen LogP contribution in [0.2, 0.25) is 0 Å². The van der Waals surface area contributed by atoms with Gasteiger partial charge in [-0.15, -0.1) is 0 Å². The second-order valence-electron chi connectivity index (χ2n) is 5.11. The average molecular weight is 273 g/mol. The van der Waals surface area contributed by atoms with E-state index in [1.54, 1.807) is 6.33 Å². The monoisotopic (exact) mass is 273 g/mol. The Bertz CT molecular complexity index is 586. The summed E-state index contributed by atoms with van der Waals surface area (Å²) in [6.45, 7) is 8.56. The third-order valence-electron chi connectivity index (χ3n) is 3.44. The fraction of sp³-hybridized carbons (Fsp3) is 0.533. The molecule has 0 unspecified atom stereocenters. The lowest BCUT2D eigenvalue weighted by atomic mass is 10.0. The lowest BCUT2D eigenvalue weighted by Crippen LogP contribution is -2.12. The van der Waals surface area contributed by atoms with Crippen molar-refractivity contribution in [3.05, 3.63) is 29.3 Å². The van der Waals surface area contributed by atoms with Gasteiger partial charge in [-0.3, -0.25) is 0 Å². The molecule has 0 saturated heterocycles. The maximum atomic E-state index is 4.69. The van der Waals surface area contributed by atoms with Crippen LogP contribution in [0.3, 0.4) is 0 Å². The smallest absolute Gasteiger partial charge is 0.162 e. The molecule has 20 heavy (non-hydrogen) atoms. The fourth-order valence-corrected chi connectivity index (χ4v) is 2.37. The average Bonchev–Trinajstić information content (AvgIpc) is 2.89. The van der Waals surface area contributed by atoms with Crippen molar-refractivity contribution in [2.45, 2.75) is 46.5 Å². The predicted octanol–water partition coefficient (Wildman–Crippen LogP) is 2.95. The third kappa shape index (κ3) is 2.53. The minimum atomic E-state index is 0.327. The summed E-state index contributed by atoms with van der Waals surface area (Å²) in [6.07, 6.45) is 3.46. The topological polar surface area (TPSA) is 55.6 Å². The van der Waals surface area contributed by atoms with Gasteiger partial charge in [-0.25, -0.2) is 14.6 Å². The molecule has 2 aromatic rings. The SMILES string of the molecule is CCc1cc(CC)n(-c2ncnc(NC)c2C(C)C)n1. The molecule has 0 aliphatic carbocycles. The van der Waals surface area contributed by atoms with E-state index in [1.165, 1.54) is 5.69 Å². The number of hydrogen-bond donors (Lipinski definition) is 1. The van der Waals surface area contributed by atoms with Gasteiger partial charge in [-0.05, 0) is 24.8 Å². The summed E-state index contributed by atoms with van der Waals surface area (Å²) in [5, 5.41) is 7.84. The Kier molecular flexibility index (Phi) is 4.37. The zero-order valence-electron chi connectivity index (χ0n) is 12.9. The largest absolute Gasteiger partial charge is 0.373 e. The first-order valence-corrected chi connectivity index (χ1v) is 7.23. The predicted molar refractivity (Wildman–Crippen MR) is 81.5 cm³/mol. The quantitative estimate of drug-likeness (QED) is 0.910. The number of nitrogens with one attached hydrogen (secondary N) is 1. The normalized spacial score (nSPS) is 11.1. The zero-order valence-corrected chi connectivity index (χ0v) is 12.9. The summed E-state index contributed by atoms with van der Waals surface area (Å²) >= 11 is 0. The van der Waals surface area contributed by atoms with Crippen LogP contribution in [0.1, 0.15) is 50.6 Å². The molecule has 108 valence electrons. The molecule has 5 heteroatoms. The van der Waals surface area contributed by atoms with Crippen molar-refractivity contribution < 1.29 is 0 Å². The van der Waals surface area contributed by atoms with E-state index >= 15 is 0 Å². The Labute approximate surface area is 120 Å². The molecule has 2 heterocycles. The molecule has 0 amide bonds. The van der Waals surface area contributed by atoms with Crippen LogP contribution in [0.4, 0.5) is 5.82 Å². The van der Waals surface area contributed by atoms with Crippen molar-refractivity contribution in [1.29, 1.82) is 0 Å². The van der Waals surface area contributed by atoms with Crippen molar-refractivity contribution in [2.75, 3.05) is 12.4 Å². The number of nitrogens with zero attached hydrogens (tertiary/aromatic N) is 4. The molecular formula is C15H23N5. The van der Waals surface area contributed by atoms with Gasteiger partial charge in [0.1, 0.15) is 12.1 Å². The van der Waals surface area contributed by atoms with Crippen molar-refractivity contribution >= 4 is 5.82 Å². The van der Waals surface area contributed by atoms with Crippen LogP contribution < -0.4 is 5.32 Å². The summed E-state index contributed by atoms with van der Waals surface area (Å²) in [5.41, 5.74) is 3.39. The Morgan fingerprint density at radius 2 is 1.95 bits per heavy atom. The molecule has 2 aromatic heterocycles. The Balaban J connectivity index is 2.65. The van der Waals surface area contributed by atoms with Crippen LogP contribution in [-0.4, -0.2) is 26.8 Å². The molecule has 1 N–H and O–H groups in total. The van der Waals surface area contributed by atoms with Crippen LogP contribution in [0.5, 0.6) is 0 Å². The molecule has 0 saturated carbocycles. The van der Waals surface area contributed by atoms with Gasteiger partial charge in [0.25, 0.3) is 0 Å². The third-order valence-corrected chi connectivity index (χ3v) is 3.44. The highest BCUT2D eigenvalue weighted by atomic mass is 15.3. The highest BCUT2D eigenvalue weighted by Gasteiger charge is 2.18. The standard InChI is InChI=1S/C15H23N5/c1-6-11-8-12(7-2)20(19-11)15-13(10(3)4)14(16-5)17-9-18-15/h8-10H,6-7H2,1-5H3,(H,16,17,18). The van der Waals surface area contributed by atoms with Crippen LogP contribution in [-0.2, 0) is 12.8 Å². The first-order chi connectivity index (χ1) is 9.62. The molecular weight excluding hydrogens is 250 g/mol. The number of hydrogen-bond acceptors (Lipinski definition) is 4. The Morgan fingerprint density at radius 1 is 1.20 bits per heavy atom. The highest BCUT2D eigenvalue weighted by molar-refractivity contribution is 5.53. The van der Waals surface area contributed by atoms with Crippen molar-refractivity contribution in [3.63, 3.8) is 0 Å². The molecule has 2 rings (SSSR count). The highest BCUT2D eigenvalue weighted by Crippen LogP contribution is 2.27. The lowest BCUT2D eigenvalue weighted by Gasteiger charge is -2.16. The Morgan fingerprint density at radius 3 is 2.50 bits per heavy atom. The van der Waals surface area contributed by atoms with E-state index in [0.717, 1.165) is 35.7 Å².